The molecule has 5 nitrogen and oxygen atoms in total. The molecule has 0 N–H and O–H groups in total. The van der Waals surface area contributed by atoms with Crippen molar-refractivity contribution in [3.63, 3.8) is 0 Å². The van der Waals surface area contributed by atoms with Crippen LogP contribution < -0.4 is 0 Å². The van der Waals surface area contributed by atoms with Crippen molar-refractivity contribution in [3.8, 4) is 0 Å². The summed E-state index contributed by atoms with van der Waals surface area (Å²) >= 11 is 0. The van der Waals surface area contributed by atoms with E-state index in [0.29, 0.717) is 19.7 Å². The zero-order chi connectivity index (χ0) is 18.6. The third kappa shape index (κ3) is 2.42. The Bertz CT molecular complexity index is 968. The van der Waals surface area contributed by atoms with Gasteiger partial charge in [0.2, 0.25) is 5.91 Å². The first-order valence-corrected chi connectivity index (χ1v) is 9.41. The van der Waals surface area contributed by atoms with Gasteiger partial charge >= 0.3 is 5.97 Å². The highest BCUT2D eigenvalue weighted by Gasteiger charge is 2.67. The number of nitrogens with zero attached hydrogens (tertiary/aromatic N) is 1. The van der Waals surface area contributed by atoms with Gasteiger partial charge in [-0.1, -0.05) is 48.6 Å². The fourth-order valence-electron chi connectivity index (χ4n) is 4.78. The van der Waals surface area contributed by atoms with Crippen LogP contribution >= 0.6 is 0 Å². The summed E-state index contributed by atoms with van der Waals surface area (Å²) in [5.74, 6) is -1.37. The zero-order valence-electron chi connectivity index (χ0n) is 15.1. The van der Waals surface area contributed by atoms with E-state index in [4.69, 9.17) is 9.47 Å². The predicted molar refractivity (Wildman–Crippen MR) is 99.7 cm³/mol. The molecule has 0 saturated carbocycles. The molecule has 4 unspecified atom stereocenters. The van der Waals surface area contributed by atoms with E-state index >= 15 is 0 Å². The zero-order valence-corrected chi connectivity index (χ0v) is 15.1. The van der Waals surface area contributed by atoms with Crippen LogP contribution in [0.5, 0.6) is 0 Å². The van der Waals surface area contributed by atoms with Gasteiger partial charge in [0, 0.05) is 6.54 Å². The summed E-state index contributed by atoms with van der Waals surface area (Å²) in [6, 6.07) is 14.4. The number of carbonyl (C=O) groups excluding carboxylic acids is 2. The van der Waals surface area contributed by atoms with Gasteiger partial charge in [0.05, 0.1) is 25.2 Å². The number of likely N-dealkylation sites (tertiary alicyclic amines) is 1. The molecule has 2 aromatic carbocycles. The molecule has 3 heterocycles. The average Bonchev–Trinajstić information content (AvgIpc) is 3.30. The number of carbonyl (C=O) groups is 2. The van der Waals surface area contributed by atoms with Crippen LogP contribution in [0.4, 0.5) is 0 Å². The van der Waals surface area contributed by atoms with Gasteiger partial charge in [-0.15, -0.1) is 0 Å². The molecule has 0 aliphatic carbocycles. The number of fused-ring (bicyclic) bond motifs is 2. The van der Waals surface area contributed by atoms with E-state index in [9.17, 15) is 9.59 Å². The van der Waals surface area contributed by atoms with Crippen LogP contribution in [0, 0.1) is 11.8 Å². The topological polar surface area (TPSA) is 55.8 Å². The highest BCUT2D eigenvalue weighted by Crippen LogP contribution is 2.52. The maximum atomic E-state index is 13.2. The minimum Gasteiger partial charge on any atom is -0.466 e. The SMILES string of the molecule is CCOC(=O)C1C2C=CC3(CN(Cc4ccc5ccccc5c4)C(=O)C13)O2. The molecular weight excluding hydrogens is 342 g/mol. The van der Waals surface area contributed by atoms with E-state index in [1.807, 2.05) is 29.2 Å². The Morgan fingerprint density at radius 3 is 2.89 bits per heavy atom. The molecule has 2 fully saturated rings. The number of esters is 1. The molecule has 1 spiro atoms. The standard InChI is InChI=1S/C22H21NO4/c1-2-26-21(25)18-17-9-10-22(27-17)13-23(20(24)19(18)22)12-14-7-8-15-5-3-4-6-16(15)11-14/h3-11,17-19H,2,12-13H2,1H3. The second-order valence-electron chi connectivity index (χ2n) is 7.53. The quantitative estimate of drug-likeness (QED) is 0.619. The van der Waals surface area contributed by atoms with E-state index in [1.54, 1.807) is 6.92 Å². The van der Waals surface area contributed by atoms with Gasteiger partial charge in [-0.25, -0.2) is 0 Å². The van der Waals surface area contributed by atoms with E-state index in [-0.39, 0.29) is 18.0 Å². The molecular formula is C22H21NO4. The van der Waals surface area contributed by atoms with Crippen molar-refractivity contribution < 1.29 is 19.1 Å². The normalized spacial score (nSPS) is 30.9. The summed E-state index contributed by atoms with van der Waals surface area (Å²) in [5.41, 5.74) is 0.389. The molecule has 2 saturated heterocycles. The second kappa shape index (κ2) is 5.92. The van der Waals surface area contributed by atoms with E-state index in [2.05, 4.69) is 30.3 Å². The van der Waals surface area contributed by atoms with Crippen molar-refractivity contribution in [1.29, 1.82) is 0 Å². The lowest BCUT2D eigenvalue weighted by atomic mass is 9.77. The number of hydrogen-bond donors (Lipinski definition) is 0. The summed E-state index contributed by atoms with van der Waals surface area (Å²) in [5, 5.41) is 2.33. The number of rotatable bonds is 4. The van der Waals surface area contributed by atoms with E-state index in [0.717, 1.165) is 10.9 Å². The van der Waals surface area contributed by atoms with Crippen molar-refractivity contribution in [3.05, 3.63) is 60.2 Å². The Hall–Kier alpha value is -2.66. The maximum Gasteiger partial charge on any atom is 0.312 e. The lowest BCUT2D eigenvalue weighted by Gasteiger charge is -2.22. The smallest absolute Gasteiger partial charge is 0.312 e. The molecule has 3 aliphatic heterocycles. The number of hydrogen-bond acceptors (Lipinski definition) is 4. The lowest BCUT2D eigenvalue weighted by Crippen LogP contribution is -2.40. The molecule has 4 atom stereocenters. The van der Waals surface area contributed by atoms with Crippen molar-refractivity contribution in [2.24, 2.45) is 11.8 Å². The Labute approximate surface area is 157 Å². The third-order valence-electron chi connectivity index (χ3n) is 5.92. The van der Waals surface area contributed by atoms with Gasteiger partial charge in [-0.2, -0.15) is 0 Å². The summed E-state index contributed by atoms with van der Waals surface area (Å²) in [4.78, 5) is 27.4. The predicted octanol–water partition coefficient (Wildman–Crippen LogP) is 2.68. The van der Waals surface area contributed by atoms with E-state index in [1.165, 1.54) is 5.39 Å². The van der Waals surface area contributed by atoms with Crippen molar-refractivity contribution >= 4 is 22.6 Å². The van der Waals surface area contributed by atoms with Gasteiger partial charge in [-0.05, 0) is 29.3 Å². The first-order chi connectivity index (χ1) is 13.1. The molecule has 0 radical (unpaired) electrons. The first kappa shape index (κ1) is 16.5. The fraction of sp³-hybridized carbons (Fsp3) is 0.364. The van der Waals surface area contributed by atoms with Gasteiger partial charge in [-0.3, -0.25) is 9.59 Å². The molecule has 138 valence electrons. The van der Waals surface area contributed by atoms with Crippen molar-refractivity contribution in [1.82, 2.24) is 4.90 Å². The monoisotopic (exact) mass is 363 g/mol. The third-order valence-corrected chi connectivity index (χ3v) is 5.92. The highest BCUT2D eigenvalue weighted by atomic mass is 16.6. The average molecular weight is 363 g/mol. The highest BCUT2D eigenvalue weighted by molar-refractivity contribution is 5.91. The second-order valence-corrected chi connectivity index (χ2v) is 7.53. The van der Waals surface area contributed by atoms with Crippen LogP contribution in [0.1, 0.15) is 12.5 Å². The van der Waals surface area contributed by atoms with Crippen LogP contribution in [-0.2, 0) is 25.6 Å². The van der Waals surface area contributed by atoms with Gasteiger partial charge in [0.1, 0.15) is 11.5 Å². The fourth-order valence-corrected chi connectivity index (χ4v) is 4.78. The molecule has 5 rings (SSSR count). The molecule has 2 aromatic rings. The molecule has 0 aromatic heterocycles. The van der Waals surface area contributed by atoms with Gasteiger partial charge in [0.25, 0.3) is 0 Å². The van der Waals surface area contributed by atoms with Crippen molar-refractivity contribution in [2.45, 2.75) is 25.2 Å². The minimum atomic E-state index is -0.684. The Morgan fingerprint density at radius 1 is 1.26 bits per heavy atom. The summed E-state index contributed by atoms with van der Waals surface area (Å²) in [6.07, 6.45) is 3.53. The minimum absolute atomic E-state index is 0.0203. The van der Waals surface area contributed by atoms with Gasteiger partial charge in [0.15, 0.2) is 0 Å². The number of amides is 1. The van der Waals surface area contributed by atoms with Crippen LogP contribution in [0.3, 0.4) is 0 Å². The van der Waals surface area contributed by atoms with Crippen molar-refractivity contribution in [2.75, 3.05) is 13.2 Å². The number of ether oxygens (including phenoxy) is 2. The molecule has 1 amide bonds. The maximum absolute atomic E-state index is 13.2. The lowest BCUT2D eigenvalue weighted by molar-refractivity contribution is -0.153. The summed E-state index contributed by atoms with van der Waals surface area (Å²) < 4.78 is 11.3. The first-order valence-electron chi connectivity index (χ1n) is 9.41. The Balaban J connectivity index is 1.42. The van der Waals surface area contributed by atoms with Crippen LogP contribution in [-0.4, -0.2) is 41.6 Å². The molecule has 27 heavy (non-hydrogen) atoms. The van der Waals surface area contributed by atoms with E-state index < -0.39 is 17.4 Å². The summed E-state index contributed by atoms with van der Waals surface area (Å²) in [6.45, 7) is 3.08. The molecule has 2 bridgehead atoms. The largest absolute Gasteiger partial charge is 0.466 e. The van der Waals surface area contributed by atoms with Crippen LogP contribution in [0.2, 0.25) is 0 Å². The van der Waals surface area contributed by atoms with Crippen LogP contribution in [0.25, 0.3) is 10.8 Å². The van der Waals surface area contributed by atoms with Crippen LogP contribution in [0.15, 0.2) is 54.6 Å². The van der Waals surface area contributed by atoms with Gasteiger partial charge < -0.3 is 14.4 Å². The summed E-state index contributed by atoms with van der Waals surface area (Å²) in [7, 11) is 0. The molecule has 3 aliphatic rings. The molecule has 5 heteroatoms. The Morgan fingerprint density at radius 2 is 2.07 bits per heavy atom. The number of benzene rings is 2. The Kier molecular flexibility index (Phi) is 3.62.